The van der Waals surface area contributed by atoms with Gasteiger partial charge >= 0.3 is 0 Å². The van der Waals surface area contributed by atoms with Crippen molar-refractivity contribution in [3.63, 3.8) is 0 Å². The van der Waals surface area contributed by atoms with Crippen molar-refractivity contribution in [1.29, 1.82) is 0 Å². The maximum absolute atomic E-state index is 16.6. The zero-order chi connectivity index (χ0) is 33.9. The Morgan fingerprint density at radius 3 is 2.55 bits per heavy atom. The molecule has 2 amide bonds. The predicted molar refractivity (Wildman–Crippen MR) is 181 cm³/mol. The van der Waals surface area contributed by atoms with Crippen molar-refractivity contribution in [1.82, 2.24) is 39.7 Å². The highest BCUT2D eigenvalue weighted by atomic mass is 19.1. The molecule has 0 saturated carbocycles. The first-order valence-corrected chi connectivity index (χ1v) is 16.1. The number of hydrogen-bond acceptors (Lipinski definition) is 9. The van der Waals surface area contributed by atoms with Crippen molar-refractivity contribution in [2.45, 2.75) is 19.4 Å². The third-order valence-electron chi connectivity index (χ3n) is 9.09. The average molecular weight is 666 g/mol. The summed E-state index contributed by atoms with van der Waals surface area (Å²) in [6.45, 7) is 3.26. The summed E-state index contributed by atoms with van der Waals surface area (Å²) in [4.78, 5) is 44.4. The molecule has 0 radical (unpaired) electrons. The number of pyridine rings is 2. The SMILES string of the molecule is COc1cnccc1-c1cc(C2=CCCN(C(=O)CCn3ccnn3)C2)c(F)c2[nH]c(C(=O)N3CCN(c4ncccc4OC)CC3)cc12. The number of anilines is 1. The molecular formula is C35H36FN9O4. The number of hydrogen-bond donors (Lipinski definition) is 1. The zero-order valence-electron chi connectivity index (χ0n) is 27.3. The van der Waals surface area contributed by atoms with Gasteiger partial charge in [0.15, 0.2) is 17.4 Å². The van der Waals surface area contributed by atoms with Gasteiger partial charge in [-0.15, -0.1) is 5.10 Å². The first-order valence-electron chi connectivity index (χ1n) is 16.1. The summed E-state index contributed by atoms with van der Waals surface area (Å²) in [5.41, 5.74) is 2.93. The van der Waals surface area contributed by atoms with Crippen LogP contribution in [0.2, 0.25) is 0 Å². The van der Waals surface area contributed by atoms with Crippen molar-refractivity contribution in [3.8, 4) is 22.6 Å². The van der Waals surface area contributed by atoms with Crippen molar-refractivity contribution in [2.24, 2.45) is 0 Å². The maximum atomic E-state index is 16.6. The zero-order valence-corrected chi connectivity index (χ0v) is 27.3. The van der Waals surface area contributed by atoms with Gasteiger partial charge < -0.3 is 29.2 Å². The van der Waals surface area contributed by atoms with Crippen molar-refractivity contribution < 1.29 is 23.5 Å². The number of carbonyl (C=O) groups is 2. The average Bonchev–Trinajstić information content (AvgIpc) is 3.85. The minimum absolute atomic E-state index is 0.0482. The van der Waals surface area contributed by atoms with Crippen molar-refractivity contribution >= 4 is 34.1 Å². The van der Waals surface area contributed by atoms with E-state index < -0.39 is 5.82 Å². The smallest absolute Gasteiger partial charge is 0.270 e. The minimum Gasteiger partial charge on any atom is -0.494 e. The number of aromatic amines is 1. The van der Waals surface area contributed by atoms with Gasteiger partial charge in [0.2, 0.25) is 5.91 Å². The van der Waals surface area contributed by atoms with Gasteiger partial charge in [-0.05, 0) is 47.9 Å². The van der Waals surface area contributed by atoms with Crippen molar-refractivity contribution in [3.05, 3.63) is 84.5 Å². The van der Waals surface area contributed by atoms with Gasteiger partial charge in [0.1, 0.15) is 11.4 Å². The molecule has 6 heterocycles. The molecule has 1 saturated heterocycles. The summed E-state index contributed by atoms with van der Waals surface area (Å²) in [7, 11) is 3.17. The van der Waals surface area contributed by atoms with Crippen LogP contribution in [0.3, 0.4) is 0 Å². The van der Waals surface area contributed by atoms with Crippen LogP contribution in [0.15, 0.2) is 67.4 Å². The lowest BCUT2D eigenvalue weighted by molar-refractivity contribution is -0.131. The summed E-state index contributed by atoms with van der Waals surface area (Å²) < 4.78 is 29.4. The van der Waals surface area contributed by atoms with Crippen LogP contribution in [0.4, 0.5) is 10.2 Å². The standard InChI is InChI=1S/C35H36FN9O4/c1-48-29-6-3-9-38-34(29)42-15-17-43(18-16-42)35(47)28-20-27-26(24-7-10-37-21-30(24)49-2)19-25(32(36)33(27)40-28)23-5-4-12-44(22-23)31(46)8-13-45-14-11-39-41-45/h3,5-7,9-11,14,19-21,40H,4,8,12-13,15-18,22H2,1-2H3. The fraction of sp³-hybridized carbons (Fsp3) is 0.314. The van der Waals surface area contributed by atoms with Gasteiger partial charge in [-0.1, -0.05) is 11.3 Å². The molecule has 2 aliphatic heterocycles. The molecule has 1 aromatic carbocycles. The van der Waals surface area contributed by atoms with Gasteiger partial charge in [-0.3, -0.25) is 19.3 Å². The third-order valence-corrected chi connectivity index (χ3v) is 9.09. The highest BCUT2D eigenvalue weighted by Crippen LogP contribution is 2.40. The highest BCUT2D eigenvalue weighted by molar-refractivity contribution is 6.05. The van der Waals surface area contributed by atoms with Gasteiger partial charge in [-0.2, -0.15) is 0 Å². The molecule has 5 aromatic rings. The summed E-state index contributed by atoms with van der Waals surface area (Å²) in [5.74, 6) is 1.17. The predicted octanol–water partition coefficient (Wildman–Crippen LogP) is 4.04. The summed E-state index contributed by atoms with van der Waals surface area (Å²) in [5, 5.41) is 8.27. The molecule has 49 heavy (non-hydrogen) atoms. The number of H-pyrrole nitrogens is 1. The Morgan fingerprint density at radius 1 is 0.939 bits per heavy atom. The van der Waals surface area contributed by atoms with E-state index in [4.69, 9.17) is 9.47 Å². The van der Waals surface area contributed by atoms with E-state index in [1.54, 1.807) is 71.8 Å². The third kappa shape index (κ3) is 6.28. The second kappa shape index (κ2) is 13.7. The second-order valence-electron chi connectivity index (χ2n) is 11.9. The largest absolute Gasteiger partial charge is 0.494 e. The number of nitrogens with one attached hydrogen (secondary N) is 1. The Kier molecular flexibility index (Phi) is 8.92. The monoisotopic (exact) mass is 665 g/mol. The number of piperazine rings is 1. The summed E-state index contributed by atoms with van der Waals surface area (Å²) in [6, 6.07) is 8.99. The molecule has 0 atom stereocenters. The fourth-order valence-corrected chi connectivity index (χ4v) is 6.54. The number of ether oxygens (including phenoxy) is 2. The van der Waals surface area contributed by atoms with E-state index in [1.165, 1.54) is 0 Å². The number of rotatable bonds is 9. The lowest BCUT2D eigenvalue weighted by Crippen LogP contribution is -2.49. The quantitative estimate of drug-likeness (QED) is 0.248. The number of aromatic nitrogens is 6. The number of halogens is 1. The van der Waals surface area contributed by atoms with Crippen LogP contribution in [0.25, 0.3) is 27.6 Å². The minimum atomic E-state index is -0.485. The molecule has 4 aromatic heterocycles. The highest BCUT2D eigenvalue weighted by Gasteiger charge is 2.29. The Morgan fingerprint density at radius 2 is 1.78 bits per heavy atom. The molecular weight excluding hydrogens is 629 g/mol. The summed E-state index contributed by atoms with van der Waals surface area (Å²) in [6.07, 6.45) is 11.1. The Hall–Kier alpha value is -5.79. The molecule has 1 N–H and O–H groups in total. The van der Waals surface area contributed by atoms with E-state index in [9.17, 15) is 9.59 Å². The first kappa shape index (κ1) is 31.8. The number of carbonyl (C=O) groups excluding carboxylic acids is 2. The van der Waals surface area contributed by atoms with Crippen molar-refractivity contribution in [2.75, 3.05) is 58.4 Å². The number of methoxy groups -OCH3 is 2. The lowest BCUT2D eigenvalue weighted by Gasteiger charge is -2.35. The van der Waals surface area contributed by atoms with Crippen LogP contribution in [-0.4, -0.2) is 105 Å². The van der Waals surface area contributed by atoms with E-state index in [2.05, 4.69) is 30.2 Å². The Labute approximate surface area is 281 Å². The van der Waals surface area contributed by atoms with E-state index in [0.717, 1.165) is 5.82 Å². The molecule has 14 heteroatoms. The molecule has 0 aliphatic carbocycles. The van der Waals surface area contributed by atoms with E-state index in [-0.39, 0.29) is 36.0 Å². The number of amides is 2. The fourth-order valence-electron chi connectivity index (χ4n) is 6.54. The van der Waals surface area contributed by atoms with Crippen LogP contribution < -0.4 is 14.4 Å². The number of nitrogens with zero attached hydrogens (tertiary/aromatic N) is 8. The molecule has 7 rings (SSSR count). The Balaban J connectivity index is 1.19. The molecule has 1 fully saturated rings. The second-order valence-corrected chi connectivity index (χ2v) is 11.9. The van der Waals surface area contributed by atoms with E-state index >= 15 is 4.39 Å². The molecule has 2 aliphatic rings. The van der Waals surface area contributed by atoms with Gasteiger partial charge in [0.05, 0.1) is 38.7 Å². The lowest BCUT2D eigenvalue weighted by atomic mass is 9.93. The molecule has 13 nitrogen and oxygen atoms in total. The number of fused-ring (bicyclic) bond motifs is 1. The van der Waals surface area contributed by atoms with E-state index in [1.807, 2.05) is 24.3 Å². The van der Waals surface area contributed by atoms with Crippen LogP contribution in [0, 0.1) is 5.82 Å². The number of benzene rings is 1. The topological polar surface area (TPSA) is 135 Å². The van der Waals surface area contributed by atoms with Crippen LogP contribution >= 0.6 is 0 Å². The first-order chi connectivity index (χ1) is 23.9. The van der Waals surface area contributed by atoms with Gasteiger partial charge in [-0.25, -0.2) is 9.37 Å². The van der Waals surface area contributed by atoms with Gasteiger partial charge in [0.25, 0.3) is 5.91 Å². The van der Waals surface area contributed by atoms with Crippen LogP contribution in [0.5, 0.6) is 11.5 Å². The van der Waals surface area contributed by atoms with Gasteiger partial charge in [0, 0.05) is 80.8 Å². The maximum Gasteiger partial charge on any atom is 0.270 e. The molecule has 0 bridgehead atoms. The summed E-state index contributed by atoms with van der Waals surface area (Å²) >= 11 is 0. The molecule has 0 spiro atoms. The molecule has 0 unspecified atom stereocenters. The number of aryl methyl sites for hydroxylation is 1. The normalized spacial score (nSPS) is 15.0. The van der Waals surface area contributed by atoms with Crippen LogP contribution in [0.1, 0.15) is 28.9 Å². The van der Waals surface area contributed by atoms with Crippen LogP contribution in [-0.2, 0) is 11.3 Å². The van der Waals surface area contributed by atoms with E-state index in [0.29, 0.717) is 84.8 Å². The molecule has 252 valence electrons. The Bertz CT molecular complexity index is 2020.